The lowest BCUT2D eigenvalue weighted by Crippen LogP contribution is -2.48. The molecular weight excluding hydrogens is 166 g/mol. The topological polar surface area (TPSA) is 46.2 Å². The molecule has 1 rings (SSSR count). The van der Waals surface area contributed by atoms with Crippen LogP contribution in [0.15, 0.2) is 0 Å². The Bertz CT molecular complexity index is 235. The van der Waals surface area contributed by atoms with Gasteiger partial charge in [0.2, 0.25) is 5.91 Å². The van der Waals surface area contributed by atoms with Crippen LogP contribution < -0.4 is 5.32 Å². The summed E-state index contributed by atoms with van der Waals surface area (Å²) in [6.45, 7) is 5.69. The van der Waals surface area contributed by atoms with Crippen LogP contribution in [0, 0.1) is 5.92 Å². The van der Waals surface area contributed by atoms with Crippen LogP contribution in [0.4, 0.5) is 0 Å². The lowest BCUT2D eigenvalue weighted by atomic mass is 9.84. The van der Waals surface area contributed by atoms with E-state index in [1.807, 2.05) is 0 Å². The van der Waals surface area contributed by atoms with Gasteiger partial charge in [0.25, 0.3) is 0 Å². The molecule has 3 nitrogen and oxygen atoms in total. The number of rotatable bonds is 3. The monoisotopic (exact) mass is 183 g/mol. The highest BCUT2D eigenvalue weighted by Crippen LogP contribution is 2.28. The minimum atomic E-state index is -0.550. The van der Waals surface area contributed by atoms with Crippen LogP contribution in [0.5, 0.6) is 0 Å². The van der Waals surface area contributed by atoms with Crippen molar-refractivity contribution in [2.45, 2.75) is 45.6 Å². The molecule has 74 valence electrons. The molecule has 1 aliphatic rings. The minimum Gasteiger partial charge on any atom is -0.344 e. The van der Waals surface area contributed by atoms with Gasteiger partial charge in [0.15, 0.2) is 5.78 Å². The zero-order chi connectivity index (χ0) is 10.1. The maximum Gasteiger partial charge on any atom is 0.220 e. The summed E-state index contributed by atoms with van der Waals surface area (Å²) >= 11 is 0. The van der Waals surface area contributed by atoms with Gasteiger partial charge in [-0.3, -0.25) is 9.59 Å². The molecule has 1 fully saturated rings. The van der Waals surface area contributed by atoms with Crippen LogP contribution >= 0.6 is 0 Å². The Labute approximate surface area is 78.9 Å². The van der Waals surface area contributed by atoms with Crippen LogP contribution in [0.1, 0.15) is 40.0 Å². The van der Waals surface area contributed by atoms with Crippen molar-refractivity contribution in [3.8, 4) is 0 Å². The van der Waals surface area contributed by atoms with E-state index in [1.54, 1.807) is 6.92 Å². The largest absolute Gasteiger partial charge is 0.344 e. The quantitative estimate of drug-likeness (QED) is 0.716. The molecular formula is C10H17NO2. The molecule has 0 aromatic rings. The van der Waals surface area contributed by atoms with Gasteiger partial charge in [-0.25, -0.2) is 0 Å². The van der Waals surface area contributed by atoms with Crippen molar-refractivity contribution in [1.82, 2.24) is 5.32 Å². The summed E-state index contributed by atoms with van der Waals surface area (Å²) in [6.07, 6.45) is 1.92. The first-order valence-corrected chi connectivity index (χ1v) is 4.78. The Morgan fingerprint density at radius 1 is 1.62 bits per heavy atom. The highest BCUT2D eigenvalue weighted by atomic mass is 16.2. The average Bonchev–Trinajstić information content (AvgIpc) is 2.31. The summed E-state index contributed by atoms with van der Waals surface area (Å²) in [5.41, 5.74) is -0.550. The number of amides is 1. The standard InChI is InChI=1S/C10H17NO2/c1-7(2)6-10(8(3)12)5-4-9(13)11-10/h7H,4-6H2,1-3H3,(H,11,13). The molecule has 0 aromatic heterocycles. The normalized spacial score (nSPS) is 27.8. The molecule has 1 heterocycles. The number of carbonyl (C=O) groups excluding carboxylic acids is 2. The van der Waals surface area contributed by atoms with Crippen LogP contribution in [0.2, 0.25) is 0 Å². The van der Waals surface area contributed by atoms with Crippen molar-refractivity contribution in [3.63, 3.8) is 0 Å². The first-order chi connectivity index (χ1) is 5.96. The molecule has 1 atom stereocenters. The summed E-state index contributed by atoms with van der Waals surface area (Å²) in [4.78, 5) is 22.5. The van der Waals surface area contributed by atoms with Crippen molar-refractivity contribution in [1.29, 1.82) is 0 Å². The first kappa shape index (κ1) is 10.2. The number of Topliss-reactive ketones (excluding diaryl/α,β-unsaturated/α-hetero) is 1. The number of ketones is 1. The fourth-order valence-electron chi connectivity index (χ4n) is 1.98. The fourth-order valence-corrected chi connectivity index (χ4v) is 1.98. The Morgan fingerprint density at radius 3 is 2.54 bits per heavy atom. The summed E-state index contributed by atoms with van der Waals surface area (Å²) in [5, 5.41) is 2.81. The van der Waals surface area contributed by atoms with Crippen molar-refractivity contribution in [3.05, 3.63) is 0 Å². The molecule has 0 saturated carbocycles. The van der Waals surface area contributed by atoms with E-state index in [0.717, 1.165) is 6.42 Å². The fraction of sp³-hybridized carbons (Fsp3) is 0.800. The Hall–Kier alpha value is -0.860. The van der Waals surface area contributed by atoms with Crippen LogP contribution in [0.3, 0.4) is 0 Å². The molecule has 0 spiro atoms. The van der Waals surface area contributed by atoms with Gasteiger partial charge in [-0.15, -0.1) is 0 Å². The summed E-state index contributed by atoms with van der Waals surface area (Å²) < 4.78 is 0. The maximum absolute atomic E-state index is 11.4. The Morgan fingerprint density at radius 2 is 2.23 bits per heavy atom. The van der Waals surface area contributed by atoms with Gasteiger partial charge >= 0.3 is 0 Å². The molecule has 0 aromatic carbocycles. The maximum atomic E-state index is 11.4. The van der Waals surface area contributed by atoms with Gasteiger partial charge in [0.1, 0.15) is 0 Å². The molecule has 0 aliphatic carbocycles. The molecule has 1 amide bonds. The predicted octanol–water partition coefficient (Wildman–Crippen LogP) is 1.27. The third-order valence-corrected chi connectivity index (χ3v) is 2.59. The smallest absolute Gasteiger partial charge is 0.220 e. The van der Waals surface area contributed by atoms with Gasteiger partial charge in [0, 0.05) is 6.42 Å². The molecule has 1 saturated heterocycles. The van der Waals surface area contributed by atoms with E-state index in [4.69, 9.17) is 0 Å². The second-order valence-corrected chi connectivity index (χ2v) is 4.28. The first-order valence-electron chi connectivity index (χ1n) is 4.78. The zero-order valence-corrected chi connectivity index (χ0v) is 8.52. The third kappa shape index (κ3) is 2.08. The van der Waals surface area contributed by atoms with Crippen molar-refractivity contribution in [2.75, 3.05) is 0 Å². The molecule has 0 bridgehead atoms. The van der Waals surface area contributed by atoms with Crippen LogP contribution in [-0.4, -0.2) is 17.2 Å². The van der Waals surface area contributed by atoms with Gasteiger partial charge in [-0.05, 0) is 25.7 Å². The lowest BCUT2D eigenvalue weighted by molar-refractivity contribution is -0.127. The van der Waals surface area contributed by atoms with E-state index in [-0.39, 0.29) is 11.7 Å². The van der Waals surface area contributed by atoms with E-state index >= 15 is 0 Å². The summed E-state index contributed by atoms with van der Waals surface area (Å²) in [7, 11) is 0. The van der Waals surface area contributed by atoms with Crippen molar-refractivity contribution >= 4 is 11.7 Å². The van der Waals surface area contributed by atoms with E-state index in [1.165, 1.54) is 0 Å². The van der Waals surface area contributed by atoms with Crippen molar-refractivity contribution < 1.29 is 9.59 Å². The van der Waals surface area contributed by atoms with Gasteiger partial charge < -0.3 is 5.32 Å². The van der Waals surface area contributed by atoms with Gasteiger partial charge in [-0.1, -0.05) is 13.8 Å². The molecule has 3 heteroatoms. The Balaban J connectivity index is 2.77. The van der Waals surface area contributed by atoms with Crippen molar-refractivity contribution in [2.24, 2.45) is 5.92 Å². The second kappa shape index (κ2) is 3.48. The highest BCUT2D eigenvalue weighted by Gasteiger charge is 2.41. The van der Waals surface area contributed by atoms with Crippen LogP contribution in [-0.2, 0) is 9.59 Å². The SMILES string of the molecule is CC(=O)C1(CC(C)C)CCC(=O)N1. The molecule has 1 aliphatic heterocycles. The van der Waals surface area contributed by atoms with Gasteiger partial charge in [0.05, 0.1) is 5.54 Å². The molecule has 13 heavy (non-hydrogen) atoms. The highest BCUT2D eigenvalue weighted by molar-refractivity contribution is 5.94. The number of hydrogen-bond acceptors (Lipinski definition) is 2. The summed E-state index contributed by atoms with van der Waals surface area (Å²) in [5.74, 6) is 0.533. The van der Waals surface area contributed by atoms with E-state index < -0.39 is 5.54 Å². The second-order valence-electron chi connectivity index (χ2n) is 4.28. The minimum absolute atomic E-state index is 0.0100. The van der Waals surface area contributed by atoms with E-state index in [9.17, 15) is 9.59 Å². The summed E-state index contributed by atoms with van der Waals surface area (Å²) in [6, 6.07) is 0. The average molecular weight is 183 g/mol. The number of carbonyl (C=O) groups is 2. The van der Waals surface area contributed by atoms with Gasteiger partial charge in [-0.2, -0.15) is 0 Å². The number of hydrogen-bond donors (Lipinski definition) is 1. The predicted molar refractivity (Wildman–Crippen MR) is 50.2 cm³/mol. The van der Waals surface area contributed by atoms with E-state index in [2.05, 4.69) is 19.2 Å². The third-order valence-electron chi connectivity index (χ3n) is 2.59. The lowest BCUT2D eigenvalue weighted by Gasteiger charge is -2.27. The number of nitrogens with one attached hydrogen (secondary N) is 1. The zero-order valence-electron chi connectivity index (χ0n) is 8.52. The molecule has 0 radical (unpaired) electrons. The Kier molecular flexibility index (Phi) is 2.74. The van der Waals surface area contributed by atoms with E-state index in [0.29, 0.717) is 18.8 Å². The van der Waals surface area contributed by atoms with Crippen LogP contribution in [0.25, 0.3) is 0 Å². The molecule has 1 unspecified atom stereocenters. The molecule has 1 N–H and O–H groups in total.